The van der Waals surface area contributed by atoms with E-state index in [-0.39, 0.29) is 0 Å². The number of sulfonamides is 1. The second-order valence-electron chi connectivity index (χ2n) is 5.88. The molecule has 0 N–H and O–H groups in total. The number of nitrogens with zero attached hydrogens (tertiary/aromatic N) is 5. The Morgan fingerprint density at radius 1 is 0.957 bits per heavy atom. The zero-order valence-electron chi connectivity index (χ0n) is 13.6. The van der Waals surface area contributed by atoms with E-state index in [1.54, 1.807) is 0 Å². The Morgan fingerprint density at radius 3 is 2.00 bits per heavy atom. The Morgan fingerprint density at radius 2 is 1.48 bits per heavy atom. The molecule has 2 fully saturated rings. The Bertz CT molecular complexity index is 652. The highest BCUT2D eigenvalue weighted by atomic mass is 32.2. The average Bonchev–Trinajstić information content (AvgIpc) is 2.54. The van der Waals surface area contributed by atoms with Crippen molar-refractivity contribution in [3.8, 4) is 0 Å². The van der Waals surface area contributed by atoms with Gasteiger partial charge < -0.3 is 14.5 Å². The molecular weight excluding hydrogens is 318 g/mol. The van der Waals surface area contributed by atoms with Crippen molar-refractivity contribution in [1.29, 1.82) is 0 Å². The van der Waals surface area contributed by atoms with Crippen LogP contribution in [0.5, 0.6) is 0 Å². The number of hydrogen-bond acceptors (Lipinski definition) is 7. The maximum atomic E-state index is 11.6. The third-order valence-corrected chi connectivity index (χ3v) is 5.48. The van der Waals surface area contributed by atoms with E-state index in [1.807, 2.05) is 13.0 Å². The summed E-state index contributed by atoms with van der Waals surface area (Å²) in [7, 11) is -3.11. The van der Waals surface area contributed by atoms with Crippen molar-refractivity contribution >= 4 is 21.7 Å². The van der Waals surface area contributed by atoms with Crippen molar-refractivity contribution in [2.24, 2.45) is 0 Å². The molecule has 3 heterocycles. The molecule has 1 aromatic heterocycles. The lowest BCUT2D eigenvalue weighted by Gasteiger charge is -2.35. The van der Waals surface area contributed by atoms with Crippen molar-refractivity contribution in [3.05, 3.63) is 11.9 Å². The van der Waals surface area contributed by atoms with E-state index in [0.717, 1.165) is 30.5 Å². The SMILES string of the molecule is Cc1nc(N2CCOCC2)cc(N2CCN(S(C)(=O)=O)CC2)n1. The fourth-order valence-electron chi connectivity index (χ4n) is 2.90. The van der Waals surface area contributed by atoms with Gasteiger partial charge in [0.05, 0.1) is 19.5 Å². The van der Waals surface area contributed by atoms with Crippen LogP contribution in [0.3, 0.4) is 0 Å². The average molecular weight is 341 g/mol. The summed E-state index contributed by atoms with van der Waals surface area (Å²) in [4.78, 5) is 13.4. The summed E-state index contributed by atoms with van der Waals surface area (Å²) in [6, 6.07) is 1.99. The number of piperazine rings is 1. The molecule has 2 saturated heterocycles. The molecule has 2 aliphatic rings. The number of aromatic nitrogens is 2. The minimum Gasteiger partial charge on any atom is -0.378 e. The van der Waals surface area contributed by atoms with Crippen LogP contribution in [0.2, 0.25) is 0 Å². The zero-order chi connectivity index (χ0) is 16.4. The van der Waals surface area contributed by atoms with Gasteiger partial charge in [0.25, 0.3) is 0 Å². The number of anilines is 2. The molecule has 0 aliphatic carbocycles. The van der Waals surface area contributed by atoms with Gasteiger partial charge in [0.2, 0.25) is 10.0 Å². The summed E-state index contributed by atoms with van der Waals surface area (Å²) in [5.74, 6) is 2.52. The van der Waals surface area contributed by atoms with Crippen molar-refractivity contribution in [2.45, 2.75) is 6.92 Å². The summed E-state index contributed by atoms with van der Waals surface area (Å²) >= 11 is 0. The maximum Gasteiger partial charge on any atom is 0.211 e. The van der Waals surface area contributed by atoms with E-state index in [9.17, 15) is 8.42 Å². The third kappa shape index (κ3) is 3.91. The third-order valence-electron chi connectivity index (χ3n) is 4.18. The molecule has 0 radical (unpaired) electrons. The Hall–Kier alpha value is -1.45. The monoisotopic (exact) mass is 341 g/mol. The molecule has 0 unspecified atom stereocenters. The van der Waals surface area contributed by atoms with Crippen LogP contribution >= 0.6 is 0 Å². The first-order valence-electron chi connectivity index (χ1n) is 7.82. The summed E-state index contributed by atoms with van der Waals surface area (Å²) < 4.78 is 30.1. The van der Waals surface area contributed by atoms with Crippen molar-refractivity contribution in [3.63, 3.8) is 0 Å². The lowest BCUT2D eigenvalue weighted by molar-refractivity contribution is 0.122. The first-order chi connectivity index (χ1) is 10.9. The molecule has 2 aliphatic heterocycles. The van der Waals surface area contributed by atoms with Crippen LogP contribution < -0.4 is 9.80 Å². The van der Waals surface area contributed by atoms with Gasteiger partial charge in [0, 0.05) is 45.3 Å². The Labute approximate surface area is 137 Å². The number of ether oxygens (including phenoxy) is 1. The second-order valence-corrected chi connectivity index (χ2v) is 7.86. The van der Waals surface area contributed by atoms with Crippen molar-refractivity contribution < 1.29 is 13.2 Å². The van der Waals surface area contributed by atoms with Crippen molar-refractivity contribution in [1.82, 2.24) is 14.3 Å². The van der Waals surface area contributed by atoms with Crippen LogP contribution in [0.25, 0.3) is 0 Å². The predicted molar refractivity (Wildman–Crippen MR) is 88.4 cm³/mol. The quantitative estimate of drug-likeness (QED) is 0.747. The summed E-state index contributed by atoms with van der Waals surface area (Å²) in [5, 5.41) is 0. The highest BCUT2D eigenvalue weighted by Gasteiger charge is 2.25. The highest BCUT2D eigenvalue weighted by Crippen LogP contribution is 2.21. The van der Waals surface area contributed by atoms with E-state index < -0.39 is 10.0 Å². The Balaban J connectivity index is 1.74. The van der Waals surface area contributed by atoms with Crippen LogP contribution in [-0.4, -0.2) is 81.4 Å². The molecule has 1 aromatic rings. The molecule has 9 heteroatoms. The van der Waals surface area contributed by atoms with Crippen LogP contribution in [0.15, 0.2) is 6.07 Å². The Kier molecular flexibility index (Phi) is 4.69. The lowest BCUT2D eigenvalue weighted by atomic mass is 10.3. The van der Waals surface area contributed by atoms with Gasteiger partial charge in [-0.3, -0.25) is 0 Å². The number of aryl methyl sites for hydroxylation is 1. The largest absolute Gasteiger partial charge is 0.378 e. The van der Waals surface area contributed by atoms with E-state index in [0.29, 0.717) is 39.4 Å². The van der Waals surface area contributed by atoms with Gasteiger partial charge >= 0.3 is 0 Å². The minimum atomic E-state index is -3.11. The first-order valence-corrected chi connectivity index (χ1v) is 9.67. The molecular formula is C14H23N5O3S. The number of hydrogen-bond donors (Lipinski definition) is 0. The molecule has 8 nitrogen and oxygen atoms in total. The topological polar surface area (TPSA) is 78.9 Å². The van der Waals surface area contributed by atoms with E-state index in [1.165, 1.54) is 10.6 Å². The van der Waals surface area contributed by atoms with Gasteiger partial charge in [0.1, 0.15) is 17.5 Å². The highest BCUT2D eigenvalue weighted by molar-refractivity contribution is 7.88. The number of rotatable bonds is 3. The van der Waals surface area contributed by atoms with E-state index in [2.05, 4.69) is 19.8 Å². The summed E-state index contributed by atoms with van der Waals surface area (Å²) in [5.41, 5.74) is 0. The molecule has 23 heavy (non-hydrogen) atoms. The minimum absolute atomic E-state index is 0.495. The zero-order valence-corrected chi connectivity index (χ0v) is 14.4. The van der Waals surface area contributed by atoms with Crippen LogP contribution in [-0.2, 0) is 14.8 Å². The molecule has 0 aromatic carbocycles. The lowest BCUT2D eigenvalue weighted by Crippen LogP contribution is -2.48. The standard InChI is InChI=1S/C14H23N5O3S/c1-12-15-13(11-14(16-12)18-7-9-22-10-8-18)17-3-5-19(6-4-17)23(2,20)21/h11H,3-10H2,1-2H3. The predicted octanol–water partition coefficient (Wildman–Crippen LogP) is -0.297. The van der Waals surface area contributed by atoms with Crippen LogP contribution in [0.1, 0.15) is 5.82 Å². The fraction of sp³-hybridized carbons (Fsp3) is 0.714. The van der Waals surface area contributed by atoms with E-state index >= 15 is 0 Å². The van der Waals surface area contributed by atoms with E-state index in [4.69, 9.17) is 4.74 Å². The molecule has 0 amide bonds. The second kappa shape index (κ2) is 6.58. The first kappa shape index (κ1) is 16.4. The molecule has 128 valence electrons. The summed E-state index contributed by atoms with van der Waals surface area (Å²) in [6.45, 7) is 7.26. The van der Waals surface area contributed by atoms with Crippen LogP contribution in [0, 0.1) is 6.92 Å². The van der Waals surface area contributed by atoms with Gasteiger partial charge in [-0.2, -0.15) is 4.31 Å². The maximum absolute atomic E-state index is 11.6. The molecule has 0 atom stereocenters. The fourth-order valence-corrected chi connectivity index (χ4v) is 3.73. The van der Waals surface area contributed by atoms with Crippen molar-refractivity contribution in [2.75, 3.05) is 68.5 Å². The number of morpholine rings is 1. The summed E-state index contributed by atoms with van der Waals surface area (Å²) in [6.07, 6.45) is 1.26. The van der Waals surface area contributed by atoms with Gasteiger partial charge in [-0.05, 0) is 6.92 Å². The normalized spacial score (nSPS) is 20.8. The molecule has 3 rings (SSSR count). The molecule has 0 spiro atoms. The van der Waals surface area contributed by atoms with Gasteiger partial charge in [-0.25, -0.2) is 18.4 Å². The van der Waals surface area contributed by atoms with Crippen LogP contribution in [0.4, 0.5) is 11.6 Å². The van der Waals surface area contributed by atoms with Gasteiger partial charge in [0.15, 0.2) is 0 Å². The smallest absolute Gasteiger partial charge is 0.211 e. The molecule has 0 bridgehead atoms. The van der Waals surface area contributed by atoms with Gasteiger partial charge in [-0.15, -0.1) is 0 Å². The molecule has 0 saturated carbocycles. The van der Waals surface area contributed by atoms with Gasteiger partial charge in [-0.1, -0.05) is 0 Å².